The van der Waals surface area contributed by atoms with Gasteiger partial charge in [-0.15, -0.1) is 0 Å². The van der Waals surface area contributed by atoms with E-state index in [1.54, 1.807) is 0 Å². The minimum absolute atomic E-state index is 0.713. The maximum atomic E-state index is 2.33. The molecule has 0 spiro atoms. The van der Waals surface area contributed by atoms with E-state index in [9.17, 15) is 0 Å². The first-order chi connectivity index (χ1) is 6.15. The minimum atomic E-state index is 0.713. The third kappa shape index (κ3) is 2.58. The minimum Gasteiger partial charge on any atom is -0.0654 e. The Balaban J connectivity index is 2.91. The molecule has 0 radical (unpaired) electrons. The second kappa shape index (κ2) is 4.45. The van der Waals surface area contributed by atoms with Crippen molar-refractivity contribution in [3.05, 3.63) is 34.9 Å². The van der Waals surface area contributed by atoms with E-state index in [-0.39, 0.29) is 0 Å². The van der Waals surface area contributed by atoms with E-state index in [0.717, 1.165) is 0 Å². The van der Waals surface area contributed by atoms with Gasteiger partial charge in [0.2, 0.25) is 0 Å². The molecule has 0 amide bonds. The molecule has 13 heavy (non-hydrogen) atoms. The zero-order chi connectivity index (χ0) is 9.84. The summed E-state index contributed by atoms with van der Waals surface area (Å²) in [6.07, 6.45) is 2.57. The summed E-state index contributed by atoms with van der Waals surface area (Å²) in [4.78, 5) is 0. The van der Waals surface area contributed by atoms with Crippen LogP contribution in [0.2, 0.25) is 0 Å². The SMILES string of the molecule is CCCC(C)c1cc(C)ccc1C. The van der Waals surface area contributed by atoms with Crippen LogP contribution in [0.25, 0.3) is 0 Å². The third-order valence-electron chi connectivity index (χ3n) is 2.69. The van der Waals surface area contributed by atoms with Gasteiger partial charge in [0.05, 0.1) is 0 Å². The monoisotopic (exact) mass is 176 g/mol. The Hall–Kier alpha value is -0.780. The Bertz CT molecular complexity index is 273. The van der Waals surface area contributed by atoms with Crippen LogP contribution in [0.5, 0.6) is 0 Å². The molecule has 72 valence electrons. The lowest BCUT2D eigenvalue weighted by molar-refractivity contribution is 0.661. The lowest BCUT2D eigenvalue weighted by Gasteiger charge is -2.14. The summed E-state index contributed by atoms with van der Waals surface area (Å²) in [5, 5.41) is 0. The second-order valence-corrected chi connectivity index (χ2v) is 4.05. The standard InChI is InChI=1S/C13H20/c1-5-6-11(3)13-9-10(2)7-8-12(13)4/h7-9,11H,5-6H2,1-4H3. The molecule has 1 unspecified atom stereocenters. The van der Waals surface area contributed by atoms with Crippen molar-refractivity contribution >= 4 is 0 Å². The summed E-state index contributed by atoms with van der Waals surface area (Å²) in [6.45, 7) is 8.95. The number of hydrogen-bond acceptors (Lipinski definition) is 0. The zero-order valence-corrected chi connectivity index (χ0v) is 9.22. The molecule has 1 aromatic carbocycles. The van der Waals surface area contributed by atoms with Crippen LogP contribution in [0, 0.1) is 13.8 Å². The molecular weight excluding hydrogens is 156 g/mol. The molecule has 0 fully saturated rings. The van der Waals surface area contributed by atoms with Crippen LogP contribution in [0.1, 0.15) is 49.3 Å². The Morgan fingerprint density at radius 1 is 1.23 bits per heavy atom. The molecule has 1 atom stereocenters. The summed E-state index contributed by atoms with van der Waals surface area (Å²) in [7, 11) is 0. The highest BCUT2D eigenvalue weighted by Gasteiger charge is 2.06. The Kier molecular flexibility index (Phi) is 3.53. The van der Waals surface area contributed by atoms with E-state index in [2.05, 4.69) is 45.9 Å². The summed E-state index contributed by atoms with van der Waals surface area (Å²) >= 11 is 0. The molecule has 0 N–H and O–H groups in total. The van der Waals surface area contributed by atoms with Gasteiger partial charge in [0.15, 0.2) is 0 Å². The summed E-state index contributed by atoms with van der Waals surface area (Å²) in [5.41, 5.74) is 4.34. The van der Waals surface area contributed by atoms with Crippen LogP contribution >= 0.6 is 0 Å². The fourth-order valence-corrected chi connectivity index (χ4v) is 1.88. The Labute approximate surface area is 82.0 Å². The van der Waals surface area contributed by atoms with E-state index >= 15 is 0 Å². The van der Waals surface area contributed by atoms with Gasteiger partial charge in [0, 0.05) is 0 Å². The lowest BCUT2D eigenvalue weighted by Crippen LogP contribution is -1.96. The third-order valence-corrected chi connectivity index (χ3v) is 2.69. The zero-order valence-electron chi connectivity index (χ0n) is 9.22. The topological polar surface area (TPSA) is 0 Å². The smallest absolute Gasteiger partial charge is 0.0188 e. The highest BCUT2D eigenvalue weighted by atomic mass is 14.1. The van der Waals surface area contributed by atoms with Crippen molar-refractivity contribution in [3.8, 4) is 0 Å². The van der Waals surface area contributed by atoms with E-state index < -0.39 is 0 Å². The average Bonchev–Trinajstić information content (AvgIpc) is 2.09. The fourth-order valence-electron chi connectivity index (χ4n) is 1.88. The van der Waals surface area contributed by atoms with Crippen molar-refractivity contribution in [1.82, 2.24) is 0 Å². The lowest BCUT2D eigenvalue weighted by atomic mass is 9.91. The first-order valence-corrected chi connectivity index (χ1v) is 5.22. The van der Waals surface area contributed by atoms with Gasteiger partial charge in [-0.3, -0.25) is 0 Å². The maximum absolute atomic E-state index is 2.33. The predicted octanol–water partition coefficient (Wildman–Crippen LogP) is 4.21. The van der Waals surface area contributed by atoms with Crippen LogP contribution in [0.3, 0.4) is 0 Å². The molecule has 0 aromatic heterocycles. The Morgan fingerprint density at radius 2 is 1.92 bits per heavy atom. The summed E-state index contributed by atoms with van der Waals surface area (Å²) in [6, 6.07) is 6.75. The van der Waals surface area contributed by atoms with Gasteiger partial charge in [-0.25, -0.2) is 0 Å². The highest BCUT2D eigenvalue weighted by Crippen LogP contribution is 2.24. The van der Waals surface area contributed by atoms with Gasteiger partial charge in [0.1, 0.15) is 0 Å². The van der Waals surface area contributed by atoms with Crippen molar-refractivity contribution < 1.29 is 0 Å². The molecule has 0 bridgehead atoms. The van der Waals surface area contributed by atoms with Gasteiger partial charge in [-0.1, -0.05) is 44.0 Å². The Morgan fingerprint density at radius 3 is 2.54 bits per heavy atom. The number of rotatable bonds is 3. The quantitative estimate of drug-likeness (QED) is 0.647. The van der Waals surface area contributed by atoms with Crippen LogP contribution in [-0.2, 0) is 0 Å². The van der Waals surface area contributed by atoms with Crippen molar-refractivity contribution in [2.45, 2.75) is 46.5 Å². The first kappa shape index (κ1) is 10.3. The molecular formula is C13H20. The molecule has 0 aliphatic rings. The number of benzene rings is 1. The molecule has 0 nitrogen and oxygen atoms in total. The van der Waals surface area contributed by atoms with Gasteiger partial charge in [0.25, 0.3) is 0 Å². The first-order valence-electron chi connectivity index (χ1n) is 5.22. The average molecular weight is 176 g/mol. The van der Waals surface area contributed by atoms with Gasteiger partial charge >= 0.3 is 0 Å². The van der Waals surface area contributed by atoms with E-state index in [4.69, 9.17) is 0 Å². The molecule has 0 aliphatic carbocycles. The predicted molar refractivity (Wildman–Crippen MR) is 59.2 cm³/mol. The molecule has 0 heteroatoms. The second-order valence-electron chi connectivity index (χ2n) is 4.05. The molecule has 0 saturated carbocycles. The summed E-state index contributed by atoms with van der Waals surface area (Å²) < 4.78 is 0. The molecule has 0 heterocycles. The number of hydrogen-bond donors (Lipinski definition) is 0. The van der Waals surface area contributed by atoms with Gasteiger partial charge < -0.3 is 0 Å². The van der Waals surface area contributed by atoms with E-state index in [1.807, 2.05) is 0 Å². The largest absolute Gasteiger partial charge is 0.0654 e. The van der Waals surface area contributed by atoms with Crippen molar-refractivity contribution in [2.24, 2.45) is 0 Å². The van der Waals surface area contributed by atoms with Gasteiger partial charge in [-0.05, 0) is 37.3 Å². The maximum Gasteiger partial charge on any atom is -0.0188 e. The molecule has 1 aromatic rings. The van der Waals surface area contributed by atoms with E-state index in [1.165, 1.54) is 29.5 Å². The normalized spacial score (nSPS) is 12.9. The summed E-state index contributed by atoms with van der Waals surface area (Å²) in [5.74, 6) is 0.713. The van der Waals surface area contributed by atoms with Crippen molar-refractivity contribution in [1.29, 1.82) is 0 Å². The molecule has 1 rings (SSSR count). The fraction of sp³-hybridized carbons (Fsp3) is 0.538. The van der Waals surface area contributed by atoms with Crippen LogP contribution < -0.4 is 0 Å². The van der Waals surface area contributed by atoms with Crippen LogP contribution in [-0.4, -0.2) is 0 Å². The molecule has 0 aliphatic heterocycles. The van der Waals surface area contributed by atoms with Crippen molar-refractivity contribution in [3.63, 3.8) is 0 Å². The van der Waals surface area contributed by atoms with Crippen molar-refractivity contribution in [2.75, 3.05) is 0 Å². The number of aryl methyl sites for hydroxylation is 2. The molecule has 0 saturated heterocycles. The highest BCUT2D eigenvalue weighted by molar-refractivity contribution is 5.32. The van der Waals surface area contributed by atoms with Crippen LogP contribution in [0.4, 0.5) is 0 Å². The van der Waals surface area contributed by atoms with Gasteiger partial charge in [-0.2, -0.15) is 0 Å². The van der Waals surface area contributed by atoms with E-state index in [0.29, 0.717) is 5.92 Å². The van der Waals surface area contributed by atoms with Crippen LogP contribution in [0.15, 0.2) is 18.2 Å².